The van der Waals surface area contributed by atoms with E-state index in [0.717, 1.165) is 28.5 Å². The lowest BCUT2D eigenvalue weighted by Crippen LogP contribution is -2.23. The average Bonchev–Trinajstić information content (AvgIpc) is 3.06. The van der Waals surface area contributed by atoms with Crippen molar-refractivity contribution in [3.63, 3.8) is 0 Å². The van der Waals surface area contributed by atoms with Crippen LogP contribution in [0.1, 0.15) is 25.5 Å². The van der Waals surface area contributed by atoms with Gasteiger partial charge in [-0.2, -0.15) is 4.67 Å². The lowest BCUT2D eigenvalue weighted by molar-refractivity contribution is 0.600. The SMILES string of the molecule is CCN([C@H](C)c1ccccc1)p1oc2ccc3ccccc3c2c2c(ccc3ccccc32)o1. The van der Waals surface area contributed by atoms with Gasteiger partial charge < -0.3 is 8.39 Å². The monoisotopic (exact) mass is 463 g/mol. The Morgan fingerprint density at radius 2 is 1.15 bits per heavy atom. The van der Waals surface area contributed by atoms with Gasteiger partial charge in [0, 0.05) is 23.4 Å². The normalized spacial score (nSPS) is 12.7. The van der Waals surface area contributed by atoms with Gasteiger partial charge in [-0.25, -0.2) is 0 Å². The summed E-state index contributed by atoms with van der Waals surface area (Å²) in [5.41, 5.74) is 3.00. The Morgan fingerprint density at radius 3 is 1.68 bits per heavy atom. The molecule has 6 aromatic rings. The number of hydrogen-bond donors (Lipinski definition) is 0. The number of nitrogens with zero attached hydrogens (tertiary/aromatic N) is 1. The van der Waals surface area contributed by atoms with Crippen molar-refractivity contribution in [1.29, 1.82) is 0 Å². The molecule has 0 aliphatic rings. The lowest BCUT2D eigenvalue weighted by Gasteiger charge is -2.24. The zero-order chi connectivity index (χ0) is 23.1. The molecular formula is C30H26NO2P. The van der Waals surface area contributed by atoms with Crippen molar-refractivity contribution in [2.75, 3.05) is 11.2 Å². The van der Waals surface area contributed by atoms with Gasteiger partial charge in [-0.05, 0) is 46.2 Å². The van der Waals surface area contributed by atoms with Gasteiger partial charge in [0.15, 0.2) is 0 Å². The minimum Gasteiger partial charge on any atom is -0.408 e. The van der Waals surface area contributed by atoms with Crippen molar-refractivity contribution < 1.29 is 8.39 Å². The molecule has 3 nitrogen and oxygen atoms in total. The van der Waals surface area contributed by atoms with Crippen LogP contribution >= 0.6 is 8.16 Å². The van der Waals surface area contributed by atoms with Gasteiger partial charge in [0.25, 0.3) is 0 Å². The second-order valence-corrected chi connectivity index (χ2v) is 9.94. The Hall–Kier alpha value is -3.52. The van der Waals surface area contributed by atoms with Crippen LogP contribution in [0, 0.1) is 0 Å². The summed E-state index contributed by atoms with van der Waals surface area (Å²) >= 11 is 0. The molecule has 1 aromatic heterocycles. The smallest absolute Gasteiger partial charge is 0.310 e. The molecular weight excluding hydrogens is 437 g/mol. The lowest BCUT2D eigenvalue weighted by atomic mass is 9.99. The van der Waals surface area contributed by atoms with E-state index in [9.17, 15) is 0 Å². The maximum atomic E-state index is 6.76. The van der Waals surface area contributed by atoms with Crippen LogP contribution in [0.25, 0.3) is 43.5 Å². The van der Waals surface area contributed by atoms with Crippen LogP contribution < -0.4 is 4.67 Å². The van der Waals surface area contributed by atoms with E-state index in [2.05, 4.69) is 122 Å². The summed E-state index contributed by atoms with van der Waals surface area (Å²) in [6.45, 7) is 5.21. The predicted molar refractivity (Wildman–Crippen MR) is 145 cm³/mol. The Balaban J connectivity index is 1.74. The second-order valence-electron chi connectivity index (χ2n) is 8.58. The molecule has 1 atom stereocenters. The van der Waals surface area contributed by atoms with Crippen LogP contribution in [0.3, 0.4) is 0 Å². The van der Waals surface area contributed by atoms with Gasteiger partial charge >= 0.3 is 8.16 Å². The molecule has 168 valence electrons. The fraction of sp³-hybridized carbons (Fsp3) is 0.133. The maximum absolute atomic E-state index is 6.76. The molecule has 0 saturated heterocycles. The highest BCUT2D eigenvalue weighted by Crippen LogP contribution is 2.44. The first-order chi connectivity index (χ1) is 16.7. The third-order valence-electron chi connectivity index (χ3n) is 6.65. The van der Waals surface area contributed by atoms with E-state index < -0.39 is 8.16 Å². The highest BCUT2D eigenvalue weighted by molar-refractivity contribution is 7.39. The summed E-state index contributed by atoms with van der Waals surface area (Å²) in [5, 5.41) is 6.96. The summed E-state index contributed by atoms with van der Waals surface area (Å²) in [7, 11) is -1.38. The van der Waals surface area contributed by atoms with Crippen molar-refractivity contribution in [3.05, 3.63) is 109 Å². The molecule has 0 saturated carbocycles. The van der Waals surface area contributed by atoms with E-state index >= 15 is 0 Å². The Labute approximate surface area is 199 Å². The molecule has 5 aromatic carbocycles. The van der Waals surface area contributed by atoms with Crippen molar-refractivity contribution in [2.24, 2.45) is 0 Å². The van der Waals surface area contributed by atoms with Crippen LogP contribution in [0.4, 0.5) is 0 Å². The van der Waals surface area contributed by atoms with E-state index in [0.29, 0.717) is 0 Å². The molecule has 0 aliphatic heterocycles. The number of hydrogen-bond acceptors (Lipinski definition) is 3. The molecule has 0 spiro atoms. The van der Waals surface area contributed by atoms with E-state index in [1.807, 2.05) is 0 Å². The molecule has 0 amide bonds. The first kappa shape index (κ1) is 21.0. The third-order valence-corrected chi connectivity index (χ3v) is 8.40. The van der Waals surface area contributed by atoms with Gasteiger partial charge in [-0.1, -0.05) is 97.9 Å². The predicted octanol–water partition coefficient (Wildman–Crippen LogP) is 9.32. The van der Waals surface area contributed by atoms with Crippen LogP contribution in [0.5, 0.6) is 0 Å². The molecule has 4 heteroatoms. The fourth-order valence-electron chi connectivity index (χ4n) is 4.90. The zero-order valence-corrected chi connectivity index (χ0v) is 20.2. The minimum atomic E-state index is -1.38. The quantitative estimate of drug-likeness (QED) is 0.261. The number of benzene rings is 5. The summed E-state index contributed by atoms with van der Waals surface area (Å²) in [6.07, 6.45) is 0. The maximum Gasteiger partial charge on any atom is 0.310 e. The zero-order valence-electron chi connectivity index (χ0n) is 19.3. The molecule has 0 bridgehead atoms. The fourth-order valence-corrected chi connectivity index (χ4v) is 6.43. The summed E-state index contributed by atoms with van der Waals surface area (Å²) < 4.78 is 15.8. The van der Waals surface area contributed by atoms with Gasteiger partial charge in [0.2, 0.25) is 0 Å². The first-order valence-electron chi connectivity index (χ1n) is 11.8. The van der Waals surface area contributed by atoms with Crippen LogP contribution in [0.2, 0.25) is 0 Å². The standard InChI is InChI=1S/C30H26NO2P/c1-3-31(21(2)22-11-5-4-6-12-22)34-32-27-19-17-23-13-7-9-15-25(23)29(27)30-26-16-10-8-14-24(26)18-20-28(30)33-34/h4-21H,3H2,1-2H3/t21-/m1/s1. The molecule has 1 heterocycles. The van der Waals surface area contributed by atoms with Crippen molar-refractivity contribution in [3.8, 4) is 0 Å². The van der Waals surface area contributed by atoms with E-state index in [1.54, 1.807) is 0 Å². The molecule has 0 aliphatic carbocycles. The highest BCUT2D eigenvalue weighted by atomic mass is 31.1. The van der Waals surface area contributed by atoms with Gasteiger partial charge in [0.1, 0.15) is 11.2 Å². The van der Waals surface area contributed by atoms with E-state index in [4.69, 9.17) is 8.39 Å². The van der Waals surface area contributed by atoms with E-state index in [1.165, 1.54) is 27.1 Å². The van der Waals surface area contributed by atoms with Crippen LogP contribution in [-0.2, 0) is 0 Å². The number of fused-ring (bicyclic) bond motifs is 7. The van der Waals surface area contributed by atoms with Crippen molar-refractivity contribution in [1.82, 2.24) is 0 Å². The average molecular weight is 464 g/mol. The van der Waals surface area contributed by atoms with Crippen molar-refractivity contribution in [2.45, 2.75) is 19.9 Å². The van der Waals surface area contributed by atoms with Crippen LogP contribution in [0.15, 0.2) is 112 Å². The molecule has 34 heavy (non-hydrogen) atoms. The van der Waals surface area contributed by atoms with Crippen molar-refractivity contribution >= 4 is 51.6 Å². The molecule has 6 rings (SSSR count). The Bertz CT molecular complexity index is 1580. The largest absolute Gasteiger partial charge is 0.408 e. The van der Waals surface area contributed by atoms with Gasteiger partial charge in [-0.3, -0.25) is 0 Å². The van der Waals surface area contributed by atoms with Gasteiger partial charge in [-0.15, -0.1) is 0 Å². The Morgan fingerprint density at radius 1 is 0.647 bits per heavy atom. The van der Waals surface area contributed by atoms with E-state index in [-0.39, 0.29) is 6.04 Å². The highest BCUT2D eigenvalue weighted by Gasteiger charge is 2.22. The summed E-state index contributed by atoms with van der Waals surface area (Å²) in [4.78, 5) is 0. The summed E-state index contributed by atoms with van der Waals surface area (Å²) in [5.74, 6) is 0. The third kappa shape index (κ3) is 3.49. The molecule has 0 fully saturated rings. The molecule has 0 unspecified atom stereocenters. The summed E-state index contributed by atoms with van der Waals surface area (Å²) in [6, 6.07) is 36.3. The van der Waals surface area contributed by atoms with Crippen LogP contribution in [-0.4, -0.2) is 6.54 Å². The topological polar surface area (TPSA) is 29.5 Å². The second kappa shape index (κ2) is 8.68. The first-order valence-corrected chi connectivity index (χ1v) is 12.9. The number of rotatable bonds is 4. The van der Waals surface area contributed by atoms with Gasteiger partial charge in [0.05, 0.1) is 0 Å². The molecule has 0 N–H and O–H groups in total. The molecule has 0 radical (unpaired) electrons. The Kier molecular flexibility index (Phi) is 5.37. The minimum absolute atomic E-state index is 0.156.